The molecule has 0 aromatic heterocycles. The number of methoxy groups -OCH3 is 2. The zero-order valence-electron chi connectivity index (χ0n) is 13.2. The summed E-state index contributed by atoms with van der Waals surface area (Å²) >= 11 is 0. The van der Waals surface area contributed by atoms with Crippen LogP contribution in [0.3, 0.4) is 0 Å². The quantitative estimate of drug-likeness (QED) is 0.755. The molecule has 1 aromatic carbocycles. The van der Waals surface area contributed by atoms with E-state index in [0.29, 0.717) is 6.54 Å². The first kappa shape index (κ1) is 16.8. The van der Waals surface area contributed by atoms with Crippen LogP contribution in [0.5, 0.6) is 5.75 Å². The van der Waals surface area contributed by atoms with Gasteiger partial charge in [-0.2, -0.15) is 0 Å². The van der Waals surface area contributed by atoms with Gasteiger partial charge in [0, 0.05) is 20.2 Å². The Hall–Kier alpha value is -1.26. The highest BCUT2D eigenvalue weighted by molar-refractivity contribution is 5.58. The summed E-state index contributed by atoms with van der Waals surface area (Å²) in [7, 11) is 3.46. The standard InChI is InChI=1S/C16H28N2O2/c1-16(2,20-4)10-13-18(12-7-11-17)14-8-5-6-9-15(14)19-3/h5-6,8-9H,7,10-13,17H2,1-4H3. The second kappa shape index (κ2) is 8.12. The van der Waals surface area contributed by atoms with Crippen LogP contribution < -0.4 is 15.4 Å². The van der Waals surface area contributed by atoms with Gasteiger partial charge in [-0.1, -0.05) is 12.1 Å². The van der Waals surface area contributed by atoms with E-state index in [9.17, 15) is 0 Å². The van der Waals surface area contributed by atoms with Gasteiger partial charge in [0.05, 0.1) is 18.4 Å². The minimum absolute atomic E-state index is 0.122. The molecule has 0 radical (unpaired) electrons. The van der Waals surface area contributed by atoms with Crippen molar-refractivity contribution in [1.82, 2.24) is 0 Å². The number of anilines is 1. The van der Waals surface area contributed by atoms with Gasteiger partial charge in [0.25, 0.3) is 0 Å². The number of nitrogens with two attached hydrogens (primary N) is 1. The van der Waals surface area contributed by atoms with Gasteiger partial charge < -0.3 is 20.1 Å². The zero-order chi connectivity index (χ0) is 15.0. The van der Waals surface area contributed by atoms with Gasteiger partial charge in [-0.3, -0.25) is 0 Å². The summed E-state index contributed by atoms with van der Waals surface area (Å²) in [6.45, 7) is 6.75. The smallest absolute Gasteiger partial charge is 0.142 e. The molecule has 0 aliphatic carbocycles. The molecule has 1 rings (SSSR count). The molecule has 4 nitrogen and oxygen atoms in total. The van der Waals surface area contributed by atoms with E-state index in [-0.39, 0.29) is 5.60 Å². The van der Waals surface area contributed by atoms with E-state index >= 15 is 0 Å². The van der Waals surface area contributed by atoms with E-state index in [2.05, 4.69) is 24.8 Å². The zero-order valence-corrected chi connectivity index (χ0v) is 13.2. The van der Waals surface area contributed by atoms with Crippen molar-refractivity contribution in [3.05, 3.63) is 24.3 Å². The monoisotopic (exact) mass is 280 g/mol. The molecule has 0 aliphatic rings. The van der Waals surface area contributed by atoms with Gasteiger partial charge in [-0.15, -0.1) is 0 Å². The fourth-order valence-electron chi connectivity index (χ4n) is 2.03. The van der Waals surface area contributed by atoms with Crippen LogP contribution in [0.4, 0.5) is 5.69 Å². The van der Waals surface area contributed by atoms with Crippen molar-refractivity contribution in [2.75, 3.05) is 38.8 Å². The van der Waals surface area contributed by atoms with Crippen molar-refractivity contribution in [1.29, 1.82) is 0 Å². The van der Waals surface area contributed by atoms with E-state index in [1.54, 1.807) is 14.2 Å². The fraction of sp³-hybridized carbons (Fsp3) is 0.625. The van der Waals surface area contributed by atoms with Crippen molar-refractivity contribution in [2.45, 2.75) is 32.3 Å². The minimum Gasteiger partial charge on any atom is -0.495 e. The molecule has 1 aromatic rings. The van der Waals surface area contributed by atoms with Crippen LogP contribution in [0.2, 0.25) is 0 Å². The van der Waals surface area contributed by atoms with Gasteiger partial charge in [0.1, 0.15) is 5.75 Å². The summed E-state index contributed by atoms with van der Waals surface area (Å²) < 4.78 is 11.0. The van der Waals surface area contributed by atoms with Gasteiger partial charge in [-0.25, -0.2) is 0 Å². The number of nitrogens with zero attached hydrogens (tertiary/aromatic N) is 1. The van der Waals surface area contributed by atoms with Crippen molar-refractivity contribution in [2.24, 2.45) is 5.73 Å². The van der Waals surface area contributed by atoms with E-state index in [4.69, 9.17) is 15.2 Å². The molecule has 0 saturated carbocycles. The number of rotatable bonds is 9. The maximum atomic E-state index is 5.65. The maximum absolute atomic E-state index is 5.65. The molecule has 4 heteroatoms. The Bertz CT molecular complexity index is 394. The van der Waals surface area contributed by atoms with Crippen LogP contribution in [0.25, 0.3) is 0 Å². The third-order valence-electron chi connectivity index (χ3n) is 3.59. The predicted octanol–water partition coefficient (Wildman–Crippen LogP) is 2.67. The molecule has 0 spiro atoms. The van der Waals surface area contributed by atoms with E-state index < -0.39 is 0 Å². The van der Waals surface area contributed by atoms with Crippen LogP contribution in [0, 0.1) is 0 Å². The highest BCUT2D eigenvalue weighted by atomic mass is 16.5. The van der Waals surface area contributed by atoms with Gasteiger partial charge in [0.2, 0.25) is 0 Å². The number of benzene rings is 1. The van der Waals surface area contributed by atoms with Crippen molar-refractivity contribution >= 4 is 5.69 Å². The fourth-order valence-corrected chi connectivity index (χ4v) is 2.03. The molecule has 0 aliphatic heterocycles. The Morgan fingerprint density at radius 1 is 1.15 bits per heavy atom. The molecule has 0 amide bonds. The molecular formula is C16H28N2O2. The lowest BCUT2D eigenvalue weighted by Crippen LogP contribution is -2.33. The molecule has 114 valence electrons. The number of hydrogen-bond acceptors (Lipinski definition) is 4. The highest BCUT2D eigenvalue weighted by Gasteiger charge is 2.19. The normalized spacial score (nSPS) is 11.4. The summed E-state index contributed by atoms with van der Waals surface area (Å²) in [5, 5.41) is 0. The number of para-hydroxylation sites is 2. The van der Waals surface area contributed by atoms with Crippen LogP contribution in [-0.4, -0.2) is 39.5 Å². The second-order valence-electron chi connectivity index (χ2n) is 5.51. The van der Waals surface area contributed by atoms with Crippen LogP contribution in [0.1, 0.15) is 26.7 Å². The molecule has 0 unspecified atom stereocenters. The first-order valence-corrected chi connectivity index (χ1v) is 7.17. The lowest BCUT2D eigenvalue weighted by atomic mass is 10.0. The summed E-state index contributed by atoms with van der Waals surface area (Å²) in [4.78, 5) is 2.33. The molecule has 0 fully saturated rings. The maximum Gasteiger partial charge on any atom is 0.142 e. The molecule has 0 saturated heterocycles. The number of hydrogen-bond donors (Lipinski definition) is 1. The Balaban J connectivity index is 2.82. The second-order valence-corrected chi connectivity index (χ2v) is 5.51. The average molecular weight is 280 g/mol. The third-order valence-corrected chi connectivity index (χ3v) is 3.59. The average Bonchev–Trinajstić information content (AvgIpc) is 2.47. The summed E-state index contributed by atoms with van der Waals surface area (Å²) in [5.74, 6) is 0.903. The van der Waals surface area contributed by atoms with E-state index in [1.165, 1.54) is 0 Å². The third kappa shape index (κ3) is 5.02. The van der Waals surface area contributed by atoms with Gasteiger partial charge in [0.15, 0.2) is 0 Å². The predicted molar refractivity (Wildman–Crippen MR) is 84.6 cm³/mol. The topological polar surface area (TPSA) is 47.7 Å². The lowest BCUT2D eigenvalue weighted by molar-refractivity contribution is 0.0172. The van der Waals surface area contributed by atoms with Crippen LogP contribution in [-0.2, 0) is 4.74 Å². The largest absolute Gasteiger partial charge is 0.495 e. The van der Waals surface area contributed by atoms with Crippen molar-refractivity contribution in [3.8, 4) is 5.75 Å². The Morgan fingerprint density at radius 2 is 1.85 bits per heavy atom. The van der Waals surface area contributed by atoms with Crippen molar-refractivity contribution in [3.63, 3.8) is 0 Å². The SMILES string of the molecule is COc1ccccc1N(CCCN)CCC(C)(C)OC. The Labute approximate surface area is 122 Å². The molecule has 0 heterocycles. The Kier molecular flexibility index (Phi) is 6.82. The highest BCUT2D eigenvalue weighted by Crippen LogP contribution is 2.28. The van der Waals surface area contributed by atoms with E-state index in [1.807, 2.05) is 18.2 Å². The lowest BCUT2D eigenvalue weighted by Gasteiger charge is -2.30. The first-order valence-electron chi connectivity index (χ1n) is 7.17. The van der Waals surface area contributed by atoms with Crippen LogP contribution in [0.15, 0.2) is 24.3 Å². The van der Waals surface area contributed by atoms with Gasteiger partial charge >= 0.3 is 0 Å². The van der Waals surface area contributed by atoms with E-state index in [0.717, 1.165) is 37.4 Å². The van der Waals surface area contributed by atoms with Crippen molar-refractivity contribution < 1.29 is 9.47 Å². The molecular weight excluding hydrogens is 252 g/mol. The minimum atomic E-state index is -0.122. The molecule has 2 N–H and O–H groups in total. The first-order chi connectivity index (χ1) is 9.54. The summed E-state index contributed by atoms with van der Waals surface area (Å²) in [5.41, 5.74) is 6.65. The summed E-state index contributed by atoms with van der Waals surface area (Å²) in [6, 6.07) is 8.11. The summed E-state index contributed by atoms with van der Waals surface area (Å²) in [6.07, 6.45) is 1.91. The molecule has 0 atom stereocenters. The molecule has 20 heavy (non-hydrogen) atoms. The number of ether oxygens (including phenoxy) is 2. The van der Waals surface area contributed by atoms with Crippen LogP contribution >= 0.6 is 0 Å². The Morgan fingerprint density at radius 3 is 2.45 bits per heavy atom. The molecule has 0 bridgehead atoms. The van der Waals surface area contributed by atoms with Gasteiger partial charge in [-0.05, 0) is 45.4 Å².